The van der Waals surface area contributed by atoms with Gasteiger partial charge in [-0.3, -0.25) is 14.5 Å². The first-order valence-corrected chi connectivity index (χ1v) is 12.6. The largest absolute Gasteiger partial charge is 0.340 e. The highest BCUT2D eigenvalue weighted by Crippen LogP contribution is 2.26. The van der Waals surface area contributed by atoms with E-state index in [-0.39, 0.29) is 17.5 Å². The summed E-state index contributed by atoms with van der Waals surface area (Å²) in [7, 11) is 0. The Bertz CT molecular complexity index is 1400. The Kier molecular flexibility index (Phi) is 6.48. The number of H-pyrrole nitrogens is 1. The average molecular weight is 493 g/mol. The molecule has 4 aromatic rings. The number of hydrogen-bond acceptors (Lipinski definition) is 8. The van der Waals surface area contributed by atoms with Crippen molar-refractivity contribution in [2.24, 2.45) is 0 Å². The lowest BCUT2D eigenvalue weighted by atomic mass is 10.2. The van der Waals surface area contributed by atoms with E-state index >= 15 is 0 Å². The van der Waals surface area contributed by atoms with Crippen molar-refractivity contribution in [3.63, 3.8) is 0 Å². The Morgan fingerprint density at radius 1 is 1.14 bits per heavy atom. The van der Waals surface area contributed by atoms with Gasteiger partial charge in [0.25, 0.3) is 5.56 Å². The van der Waals surface area contributed by atoms with Gasteiger partial charge in [-0.05, 0) is 26.3 Å². The fourth-order valence-corrected chi connectivity index (χ4v) is 5.47. The summed E-state index contributed by atoms with van der Waals surface area (Å²) in [4.78, 5) is 43.3. The standard InChI is InChI=1S/C25H28N6O3S/c1-15-17(3)35-25-21(15)23(33)26-19(27-25)9-10-20(32)31-13-11-30(12-14-31)16(2)24-28-22(29-34-24)18-7-5-4-6-8-18/h4-8,16H,9-14H2,1-3H3,(H,26,27,33). The zero-order valence-electron chi connectivity index (χ0n) is 20.1. The van der Waals surface area contributed by atoms with Crippen LogP contribution in [0.2, 0.25) is 0 Å². The monoisotopic (exact) mass is 492 g/mol. The number of rotatable bonds is 6. The van der Waals surface area contributed by atoms with E-state index < -0.39 is 0 Å². The van der Waals surface area contributed by atoms with Crippen LogP contribution < -0.4 is 5.56 Å². The number of aromatic nitrogens is 4. The first-order valence-electron chi connectivity index (χ1n) is 11.8. The first-order chi connectivity index (χ1) is 16.9. The lowest BCUT2D eigenvalue weighted by molar-refractivity contribution is -0.133. The van der Waals surface area contributed by atoms with Crippen LogP contribution in [0.3, 0.4) is 0 Å². The van der Waals surface area contributed by atoms with Gasteiger partial charge in [-0.2, -0.15) is 4.98 Å². The van der Waals surface area contributed by atoms with E-state index in [1.54, 1.807) is 0 Å². The van der Waals surface area contributed by atoms with E-state index in [9.17, 15) is 9.59 Å². The van der Waals surface area contributed by atoms with Gasteiger partial charge in [0, 0.05) is 49.5 Å². The summed E-state index contributed by atoms with van der Waals surface area (Å²) < 4.78 is 5.53. The zero-order chi connectivity index (χ0) is 24.5. The molecule has 1 unspecified atom stereocenters. The van der Waals surface area contributed by atoms with Gasteiger partial charge in [0.2, 0.25) is 17.6 Å². The van der Waals surface area contributed by atoms with Crippen molar-refractivity contribution in [3.05, 3.63) is 62.8 Å². The molecule has 35 heavy (non-hydrogen) atoms. The molecule has 1 fully saturated rings. The molecule has 0 spiro atoms. The number of amides is 1. The number of aryl methyl sites for hydroxylation is 3. The summed E-state index contributed by atoms with van der Waals surface area (Å²) in [5.74, 6) is 1.80. The molecular formula is C25H28N6O3S. The minimum absolute atomic E-state index is 0.0315. The number of hydrogen-bond donors (Lipinski definition) is 1. The number of piperazine rings is 1. The molecule has 1 amide bonds. The number of benzene rings is 1. The smallest absolute Gasteiger partial charge is 0.259 e. The number of nitrogens with zero attached hydrogens (tertiary/aromatic N) is 5. The average Bonchev–Trinajstić information content (AvgIpc) is 3.48. The number of carbonyl (C=O) groups is 1. The van der Waals surface area contributed by atoms with Gasteiger partial charge in [0.15, 0.2) is 0 Å². The molecule has 182 valence electrons. The van der Waals surface area contributed by atoms with Crippen molar-refractivity contribution in [2.45, 2.75) is 39.7 Å². The molecule has 9 nitrogen and oxygen atoms in total. The van der Waals surface area contributed by atoms with Crippen molar-refractivity contribution < 1.29 is 9.32 Å². The van der Waals surface area contributed by atoms with Crippen molar-refractivity contribution in [2.75, 3.05) is 26.2 Å². The lowest BCUT2D eigenvalue weighted by Gasteiger charge is -2.36. The molecule has 1 aliphatic rings. The van der Waals surface area contributed by atoms with Crippen LogP contribution in [-0.2, 0) is 11.2 Å². The maximum atomic E-state index is 12.8. The summed E-state index contributed by atoms with van der Waals surface area (Å²) in [5.41, 5.74) is 1.77. The summed E-state index contributed by atoms with van der Waals surface area (Å²) in [6, 6.07) is 9.72. The van der Waals surface area contributed by atoms with Crippen molar-refractivity contribution in [1.29, 1.82) is 0 Å². The fraction of sp³-hybridized carbons (Fsp3) is 0.400. The second-order valence-corrected chi connectivity index (χ2v) is 10.1. The van der Waals surface area contributed by atoms with Gasteiger partial charge in [-0.25, -0.2) is 4.98 Å². The Hall–Kier alpha value is -3.37. The summed E-state index contributed by atoms with van der Waals surface area (Å²) in [5, 5.41) is 4.78. The van der Waals surface area contributed by atoms with Crippen molar-refractivity contribution in [3.8, 4) is 11.4 Å². The lowest BCUT2D eigenvalue weighted by Crippen LogP contribution is -2.49. The van der Waals surface area contributed by atoms with Crippen LogP contribution in [0.1, 0.15) is 41.5 Å². The van der Waals surface area contributed by atoms with Gasteiger partial charge >= 0.3 is 0 Å². The van der Waals surface area contributed by atoms with Crippen LogP contribution >= 0.6 is 11.3 Å². The number of aromatic amines is 1. The minimum Gasteiger partial charge on any atom is -0.340 e. The normalized spacial score (nSPS) is 15.6. The predicted molar refractivity (Wildman–Crippen MR) is 134 cm³/mol. The Morgan fingerprint density at radius 3 is 2.63 bits per heavy atom. The van der Waals surface area contributed by atoms with Crippen molar-refractivity contribution in [1.82, 2.24) is 29.9 Å². The molecule has 0 saturated carbocycles. The van der Waals surface area contributed by atoms with E-state index in [1.807, 2.05) is 56.0 Å². The predicted octanol–water partition coefficient (Wildman–Crippen LogP) is 3.49. The molecule has 0 radical (unpaired) electrons. The quantitative estimate of drug-likeness (QED) is 0.439. The van der Waals surface area contributed by atoms with Crippen LogP contribution in [0, 0.1) is 13.8 Å². The first kappa shape index (κ1) is 23.4. The third-order valence-corrected chi connectivity index (χ3v) is 7.81. The summed E-state index contributed by atoms with van der Waals surface area (Å²) in [6.07, 6.45) is 0.734. The number of thiophene rings is 1. The minimum atomic E-state index is -0.127. The number of nitrogens with one attached hydrogen (secondary N) is 1. The fourth-order valence-electron chi connectivity index (χ4n) is 4.43. The Balaban J connectivity index is 1.15. The second-order valence-electron chi connectivity index (χ2n) is 8.89. The third-order valence-electron chi connectivity index (χ3n) is 6.71. The molecule has 10 heteroatoms. The van der Waals surface area contributed by atoms with Gasteiger partial charge < -0.3 is 14.4 Å². The molecule has 1 aliphatic heterocycles. The maximum absolute atomic E-state index is 12.8. The van der Waals surface area contributed by atoms with Crippen LogP contribution in [-0.4, -0.2) is 62.0 Å². The van der Waals surface area contributed by atoms with Crippen molar-refractivity contribution >= 4 is 27.5 Å². The zero-order valence-corrected chi connectivity index (χ0v) is 20.9. The molecule has 1 N–H and O–H groups in total. The summed E-state index contributed by atoms with van der Waals surface area (Å²) >= 11 is 1.52. The molecule has 3 aromatic heterocycles. The number of fused-ring (bicyclic) bond motifs is 1. The molecule has 1 aromatic carbocycles. The van der Waals surface area contributed by atoms with Crippen LogP contribution in [0.25, 0.3) is 21.6 Å². The van der Waals surface area contributed by atoms with E-state index in [2.05, 4.69) is 25.0 Å². The van der Waals surface area contributed by atoms with E-state index in [0.29, 0.717) is 48.9 Å². The van der Waals surface area contributed by atoms with Crippen LogP contribution in [0.15, 0.2) is 39.6 Å². The van der Waals surface area contributed by atoms with Crippen LogP contribution in [0.5, 0.6) is 0 Å². The molecule has 1 atom stereocenters. The molecule has 0 bridgehead atoms. The molecule has 5 rings (SSSR count). The Labute approximate surface area is 206 Å². The van der Waals surface area contributed by atoms with Gasteiger partial charge in [-0.15, -0.1) is 11.3 Å². The highest BCUT2D eigenvalue weighted by Gasteiger charge is 2.28. The molecular weight excluding hydrogens is 464 g/mol. The third kappa shape index (κ3) is 4.76. The van der Waals surface area contributed by atoms with Crippen LogP contribution in [0.4, 0.5) is 0 Å². The molecule has 4 heterocycles. The molecule has 1 saturated heterocycles. The Morgan fingerprint density at radius 2 is 1.89 bits per heavy atom. The van der Waals surface area contributed by atoms with E-state index in [1.165, 1.54) is 11.3 Å². The van der Waals surface area contributed by atoms with Gasteiger partial charge in [-0.1, -0.05) is 35.5 Å². The van der Waals surface area contributed by atoms with Gasteiger partial charge in [0.05, 0.1) is 11.4 Å². The highest BCUT2D eigenvalue weighted by atomic mass is 32.1. The highest BCUT2D eigenvalue weighted by molar-refractivity contribution is 7.18. The SMILES string of the molecule is Cc1sc2nc(CCC(=O)N3CCN(C(C)c4nc(-c5ccccc5)no4)CC3)[nH]c(=O)c2c1C. The second kappa shape index (κ2) is 9.71. The van der Waals surface area contributed by atoms with E-state index in [4.69, 9.17) is 4.52 Å². The number of carbonyl (C=O) groups excluding carboxylic acids is 1. The maximum Gasteiger partial charge on any atom is 0.259 e. The topological polar surface area (TPSA) is 108 Å². The van der Waals surface area contributed by atoms with E-state index in [0.717, 1.165) is 33.9 Å². The summed E-state index contributed by atoms with van der Waals surface area (Å²) in [6.45, 7) is 8.70. The molecule has 0 aliphatic carbocycles. The van der Waals surface area contributed by atoms with Gasteiger partial charge in [0.1, 0.15) is 10.7 Å².